The normalized spacial score (nSPS) is 12.3. The van der Waals surface area contributed by atoms with Crippen molar-refractivity contribution in [3.05, 3.63) is 40.2 Å². The van der Waals surface area contributed by atoms with Gasteiger partial charge in [0.15, 0.2) is 0 Å². The standard InChI is InChI=1S/C13H16N2OS/c1-4-14-11-7-5-6-8-12(11)15(13(14)16)10(2)9-17-3/h5-9H,4H2,1-3H3/b10-9-. The highest BCUT2D eigenvalue weighted by molar-refractivity contribution is 8.01. The molecule has 0 aliphatic heterocycles. The molecule has 1 aromatic heterocycles. The second-order valence-electron chi connectivity index (χ2n) is 3.85. The van der Waals surface area contributed by atoms with E-state index in [1.807, 2.05) is 49.8 Å². The van der Waals surface area contributed by atoms with Gasteiger partial charge in [0.05, 0.1) is 11.0 Å². The summed E-state index contributed by atoms with van der Waals surface area (Å²) in [5.41, 5.74) is 2.97. The number of thioether (sulfide) groups is 1. The Labute approximate surface area is 105 Å². The summed E-state index contributed by atoms with van der Waals surface area (Å²) in [4.78, 5) is 12.3. The Morgan fingerprint density at radius 3 is 2.59 bits per heavy atom. The number of fused-ring (bicyclic) bond motifs is 1. The van der Waals surface area contributed by atoms with E-state index in [1.54, 1.807) is 20.9 Å². The Morgan fingerprint density at radius 1 is 1.35 bits per heavy atom. The summed E-state index contributed by atoms with van der Waals surface area (Å²) in [5, 5.41) is 1.99. The average Bonchev–Trinajstić information content (AvgIpc) is 2.61. The van der Waals surface area contributed by atoms with Gasteiger partial charge in [0.25, 0.3) is 0 Å². The molecule has 0 spiro atoms. The van der Waals surface area contributed by atoms with E-state index in [0.717, 1.165) is 16.7 Å². The lowest BCUT2D eigenvalue weighted by molar-refractivity contribution is 0.736. The van der Waals surface area contributed by atoms with Crippen molar-refractivity contribution in [1.82, 2.24) is 9.13 Å². The number of hydrogen-bond acceptors (Lipinski definition) is 2. The molecule has 1 aromatic carbocycles. The van der Waals surface area contributed by atoms with E-state index < -0.39 is 0 Å². The highest BCUT2D eigenvalue weighted by Crippen LogP contribution is 2.17. The first-order chi connectivity index (χ1) is 8.20. The van der Waals surface area contributed by atoms with Crippen molar-refractivity contribution in [3.63, 3.8) is 0 Å². The molecule has 0 amide bonds. The monoisotopic (exact) mass is 248 g/mol. The third kappa shape index (κ3) is 1.93. The quantitative estimate of drug-likeness (QED) is 0.835. The van der Waals surface area contributed by atoms with Crippen molar-refractivity contribution >= 4 is 28.5 Å². The molecule has 17 heavy (non-hydrogen) atoms. The van der Waals surface area contributed by atoms with E-state index in [4.69, 9.17) is 0 Å². The van der Waals surface area contributed by atoms with E-state index in [2.05, 4.69) is 0 Å². The summed E-state index contributed by atoms with van der Waals surface area (Å²) in [6.45, 7) is 4.65. The number of imidazole rings is 1. The van der Waals surface area contributed by atoms with Crippen LogP contribution in [0.1, 0.15) is 13.8 Å². The number of nitrogens with zero attached hydrogens (tertiary/aromatic N) is 2. The number of allylic oxidation sites excluding steroid dienone is 1. The maximum atomic E-state index is 12.3. The molecule has 0 unspecified atom stereocenters. The summed E-state index contributed by atoms with van der Waals surface area (Å²) in [6.07, 6.45) is 1.99. The molecule has 0 aliphatic carbocycles. The van der Waals surface area contributed by atoms with E-state index in [0.29, 0.717) is 6.54 Å². The molecule has 3 nitrogen and oxygen atoms in total. The van der Waals surface area contributed by atoms with Crippen molar-refractivity contribution < 1.29 is 0 Å². The van der Waals surface area contributed by atoms with Gasteiger partial charge in [-0.2, -0.15) is 0 Å². The second kappa shape index (κ2) is 4.84. The first-order valence-electron chi connectivity index (χ1n) is 5.61. The van der Waals surface area contributed by atoms with Crippen molar-refractivity contribution in [3.8, 4) is 0 Å². The highest BCUT2D eigenvalue weighted by atomic mass is 32.2. The minimum atomic E-state index is 0.0384. The molecule has 1 heterocycles. The van der Waals surface area contributed by atoms with Crippen LogP contribution in [-0.4, -0.2) is 15.4 Å². The molecule has 0 atom stereocenters. The first kappa shape index (κ1) is 12.0. The minimum absolute atomic E-state index is 0.0384. The summed E-state index contributed by atoms with van der Waals surface area (Å²) in [7, 11) is 0. The third-order valence-corrected chi connectivity index (χ3v) is 3.37. The SMILES string of the molecule is CCn1c(=O)n(/C(C)=C\SC)c2ccccc21. The van der Waals surface area contributed by atoms with Gasteiger partial charge in [-0.15, -0.1) is 11.8 Å². The summed E-state index contributed by atoms with van der Waals surface area (Å²) < 4.78 is 3.57. The van der Waals surface area contributed by atoms with Crippen LogP contribution in [0.4, 0.5) is 0 Å². The highest BCUT2D eigenvalue weighted by Gasteiger charge is 2.11. The molecule has 0 bridgehead atoms. The molecule has 0 radical (unpaired) electrons. The predicted molar refractivity (Wildman–Crippen MR) is 75.3 cm³/mol. The number of aromatic nitrogens is 2. The fraction of sp³-hybridized carbons (Fsp3) is 0.308. The largest absolute Gasteiger partial charge is 0.333 e. The molecule has 0 aliphatic rings. The van der Waals surface area contributed by atoms with Crippen LogP contribution in [0.15, 0.2) is 34.5 Å². The lowest BCUT2D eigenvalue weighted by Crippen LogP contribution is -2.22. The van der Waals surface area contributed by atoms with Gasteiger partial charge < -0.3 is 0 Å². The molecule has 2 aromatic rings. The molecule has 2 rings (SSSR count). The Morgan fingerprint density at radius 2 is 2.00 bits per heavy atom. The Balaban J connectivity index is 2.84. The summed E-state index contributed by atoms with van der Waals surface area (Å²) in [6, 6.07) is 7.90. The zero-order valence-electron chi connectivity index (χ0n) is 10.3. The molecule has 90 valence electrons. The predicted octanol–water partition coefficient (Wildman–Crippen LogP) is 3.00. The van der Waals surface area contributed by atoms with Crippen LogP contribution in [0, 0.1) is 0 Å². The van der Waals surface area contributed by atoms with Gasteiger partial charge in [-0.25, -0.2) is 4.79 Å². The van der Waals surface area contributed by atoms with Crippen LogP contribution in [0.5, 0.6) is 0 Å². The van der Waals surface area contributed by atoms with Crippen molar-refractivity contribution in [2.24, 2.45) is 0 Å². The topological polar surface area (TPSA) is 26.9 Å². The zero-order valence-corrected chi connectivity index (χ0v) is 11.1. The first-order valence-corrected chi connectivity index (χ1v) is 6.89. The molecule has 0 saturated carbocycles. The van der Waals surface area contributed by atoms with E-state index in [1.165, 1.54) is 0 Å². The van der Waals surface area contributed by atoms with Crippen LogP contribution in [0.25, 0.3) is 16.7 Å². The average molecular weight is 248 g/mol. The fourth-order valence-electron chi connectivity index (χ4n) is 2.08. The number of benzene rings is 1. The van der Waals surface area contributed by atoms with Gasteiger partial charge in [-0.3, -0.25) is 9.13 Å². The van der Waals surface area contributed by atoms with Gasteiger partial charge >= 0.3 is 5.69 Å². The van der Waals surface area contributed by atoms with E-state index >= 15 is 0 Å². The lowest BCUT2D eigenvalue weighted by atomic mass is 10.3. The summed E-state index contributed by atoms with van der Waals surface area (Å²) >= 11 is 1.61. The van der Waals surface area contributed by atoms with E-state index in [-0.39, 0.29) is 5.69 Å². The lowest BCUT2D eigenvalue weighted by Gasteiger charge is -2.01. The van der Waals surface area contributed by atoms with Crippen LogP contribution < -0.4 is 5.69 Å². The number of aryl methyl sites for hydroxylation is 1. The molecule has 0 fully saturated rings. The Bertz CT molecular complexity index is 622. The smallest absolute Gasteiger partial charge is 0.292 e. The number of para-hydroxylation sites is 2. The van der Waals surface area contributed by atoms with Gasteiger partial charge in [0.2, 0.25) is 0 Å². The van der Waals surface area contributed by atoms with Crippen LogP contribution >= 0.6 is 11.8 Å². The maximum Gasteiger partial charge on any atom is 0.333 e. The Kier molecular flexibility index (Phi) is 3.43. The second-order valence-corrected chi connectivity index (χ2v) is 4.55. The molecule has 0 N–H and O–H groups in total. The van der Waals surface area contributed by atoms with Crippen LogP contribution in [0.2, 0.25) is 0 Å². The minimum Gasteiger partial charge on any atom is -0.292 e. The van der Waals surface area contributed by atoms with Crippen molar-refractivity contribution in [2.75, 3.05) is 6.26 Å². The molecular weight excluding hydrogens is 232 g/mol. The van der Waals surface area contributed by atoms with Gasteiger partial charge in [0.1, 0.15) is 0 Å². The molecule has 4 heteroatoms. The van der Waals surface area contributed by atoms with Crippen molar-refractivity contribution in [1.29, 1.82) is 0 Å². The van der Waals surface area contributed by atoms with Gasteiger partial charge in [-0.1, -0.05) is 12.1 Å². The molecular formula is C13H16N2OS. The maximum absolute atomic E-state index is 12.3. The summed E-state index contributed by atoms with van der Waals surface area (Å²) in [5.74, 6) is 0. The van der Waals surface area contributed by atoms with Crippen molar-refractivity contribution in [2.45, 2.75) is 20.4 Å². The number of hydrogen-bond donors (Lipinski definition) is 0. The number of rotatable bonds is 3. The fourth-order valence-corrected chi connectivity index (χ4v) is 2.52. The van der Waals surface area contributed by atoms with Crippen LogP contribution in [0.3, 0.4) is 0 Å². The van der Waals surface area contributed by atoms with Crippen LogP contribution in [-0.2, 0) is 6.54 Å². The Hall–Kier alpha value is -1.42. The zero-order chi connectivity index (χ0) is 12.4. The van der Waals surface area contributed by atoms with Gasteiger partial charge in [0, 0.05) is 12.2 Å². The van der Waals surface area contributed by atoms with E-state index in [9.17, 15) is 4.79 Å². The third-order valence-electron chi connectivity index (χ3n) is 2.79. The van der Waals surface area contributed by atoms with Gasteiger partial charge in [-0.05, 0) is 37.6 Å². The molecule has 0 saturated heterocycles.